The number of carbonyl (C=O) groups excluding carboxylic acids is 1. The summed E-state index contributed by atoms with van der Waals surface area (Å²) in [5, 5.41) is 0. The first-order valence-electron chi connectivity index (χ1n) is 9.39. The Morgan fingerprint density at radius 2 is 1.63 bits per heavy atom. The number of benzene rings is 3. The fraction of sp³-hybridized carbons (Fsp3) is 0.125. The number of methoxy groups -OCH3 is 1. The molecule has 0 unspecified atom stereocenters. The van der Waals surface area contributed by atoms with Crippen molar-refractivity contribution in [2.24, 2.45) is 0 Å². The molecule has 3 aromatic carbocycles. The molecule has 30 heavy (non-hydrogen) atoms. The van der Waals surface area contributed by atoms with Crippen molar-refractivity contribution in [1.29, 1.82) is 0 Å². The molecule has 0 atom stereocenters. The second-order valence-corrected chi connectivity index (χ2v) is 8.60. The van der Waals surface area contributed by atoms with Crippen LogP contribution in [0.5, 0.6) is 5.75 Å². The normalized spacial score (nSPS) is 11.4. The molecule has 154 valence electrons. The molecule has 0 saturated carbocycles. The van der Waals surface area contributed by atoms with Crippen molar-refractivity contribution in [1.82, 2.24) is 0 Å². The molecule has 0 N–H and O–H groups in total. The van der Waals surface area contributed by atoms with Gasteiger partial charge in [-0.2, -0.15) is 0 Å². The predicted octanol–water partition coefficient (Wildman–Crippen LogP) is 4.72. The Bertz CT molecular complexity index is 1130. The molecule has 0 heterocycles. The standard InChI is InChI=1S/C24H23NO4S/c1-19-8-14-24(15-9-19)30(27,28)25(22-7-3-5-21(17-22)18-26)16-4-6-20-10-12-23(29-2)13-11-20/h3-15,17-18H,16H2,1-2H3. The molecule has 0 radical (unpaired) electrons. The van der Waals surface area contributed by atoms with E-state index >= 15 is 0 Å². The third-order valence-electron chi connectivity index (χ3n) is 4.60. The van der Waals surface area contributed by atoms with Crippen LogP contribution >= 0.6 is 0 Å². The van der Waals surface area contributed by atoms with E-state index in [1.54, 1.807) is 61.7 Å². The van der Waals surface area contributed by atoms with E-state index in [2.05, 4.69) is 0 Å². The van der Waals surface area contributed by atoms with Gasteiger partial charge >= 0.3 is 0 Å². The summed E-state index contributed by atoms with van der Waals surface area (Å²) in [5.74, 6) is 0.751. The Kier molecular flexibility index (Phi) is 6.69. The van der Waals surface area contributed by atoms with Crippen molar-refractivity contribution in [2.75, 3.05) is 18.0 Å². The van der Waals surface area contributed by atoms with Gasteiger partial charge in [-0.05, 0) is 48.9 Å². The lowest BCUT2D eigenvalue weighted by Crippen LogP contribution is -2.31. The van der Waals surface area contributed by atoms with Gasteiger partial charge in [-0.25, -0.2) is 8.42 Å². The third kappa shape index (κ3) is 4.96. The quantitative estimate of drug-likeness (QED) is 0.494. The van der Waals surface area contributed by atoms with Crippen LogP contribution in [0.25, 0.3) is 6.08 Å². The lowest BCUT2D eigenvalue weighted by atomic mass is 10.2. The van der Waals surface area contributed by atoms with Gasteiger partial charge in [-0.15, -0.1) is 0 Å². The molecule has 3 aromatic rings. The van der Waals surface area contributed by atoms with E-state index in [4.69, 9.17) is 4.74 Å². The average molecular weight is 422 g/mol. The fourth-order valence-corrected chi connectivity index (χ4v) is 4.34. The molecule has 0 aliphatic carbocycles. The molecule has 6 heteroatoms. The predicted molar refractivity (Wildman–Crippen MR) is 120 cm³/mol. The van der Waals surface area contributed by atoms with E-state index in [0.717, 1.165) is 16.9 Å². The van der Waals surface area contributed by atoms with E-state index in [0.29, 0.717) is 17.5 Å². The van der Waals surface area contributed by atoms with E-state index in [1.807, 2.05) is 37.3 Å². The maximum atomic E-state index is 13.4. The molecule has 5 nitrogen and oxygen atoms in total. The average Bonchev–Trinajstić information content (AvgIpc) is 2.77. The van der Waals surface area contributed by atoms with Gasteiger partial charge in [0.1, 0.15) is 12.0 Å². The number of aldehydes is 1. The van der Waals surface area contributed by atoms with Gasteiger partial charge in [-0.1, -0.05) is 54.1 Å². The minimum atomic E-state index is -3.81. The highest BCUT2D eigenvalue weighted by molar-refractivity contribution is 7.92. The molecule has 3 rings (SSSR count). The largest absolute Gasteiger partial charge is 0.497 e. The highest BCUT2D eigenvalue weighted by Gasteiger charge is 2.24. The van der Waals surface area contributed by atoms with Gasteiger partial charge in [0.05, 0.1) is 24.2 Å². The second kappa shape index (κ2) is 9.41. The fourth-order valence-electron chi connectivity index (χ4n) is 2.93. The summed E-state index contributed by atoms with van der Waals surface area (Å²) in [5.41, 5.74) is 2.74. The van der Waals surface area contributed by atoms with Gasteiger partial charge in [-0.3, -0.25) is 9.10 Å². The molecular formula is C24H23NO4S. The van der Waals surface area contributed by atoms with Crippen LogP contribution in [0.15, 0.2) is 83.8 Å². The first-order valence-corrected chi connectivity index (χ1v) is 10.8. The Balaban J connectivity index is 1.95. The molecular weight excluding hydrogens is 398 g/mol. The molecule has 0 aliphatic rings. The van der Waals surface area contributed by atoms with Crippen LogP contribution < -0.4 is 9.04 Å². The second-order valence-electron chi connectivity index (χ2n) is 6.74. The Hall–Kier alpha value is -3.38. The van der Waals surface area contributed by atoms with E-state index in [-0.39, 0.29) is 11.4 Å². The highest BCUT2D eigenvalue weighted by Crippen LogP contribution is 2.25. The number of anilines is 1. The van der Waals surface area contributed by atoms with Crippen molar-refractivity contribution in [3.63, 3.8) is 0 Å². The van der Waals surface area contributed by atoms with Gasteiger partial charge in [0.2, 0.25) is 0 Å². The molecule has 0 saturated heterocycles. The van der Waals surface area contributed by atoms with Gasteiger partial charge < -0.3 is 4.74 Å². The van der Waals surface area contributed by atoms with Gasteiger partial charge in [0.15, 0.2) is 0 Å². The minimum absolute atomic E-state index is 0.116. The SMILES string of the molecule is COc1ccc(C=CCN(c2cccc(C=O)c2)S(=O)(=O)c2ccc(C)cc2)cc1. The summed E-state index contributed by atoms with van der Waals surface area (Å²) < 4.78 is 33.2. The number of carbonyl (C=O) groups is 1. The summed E-state index contributed by atoms with van der Waals surface area (Å²) in [4.78, 5) is 11.4. The van der Waals surface area contributed by atoms with Crippen molar-refractivity contribution < 1.29 is 17.9 Å². The Morgan fingerprint density at radius 1 is 0.933 bits per heavy atom. The number of sulfonamides is 1. The van der Waals surface area contributed by atoms with Crippen molar-refractivity contribution in [3.8, 4) is 5.75 Å². The zero-order chi connectivity index (χ0) is 21.6. The van der Waals surface area contributed by atoms with E-state index in [9.17, 15) is 13.2 Å². The van der Waals surface area contributed by atoms with Crippen LogP contribution in [0.3, 0.4) is 0 Å². The number of ether oxygens (including phenoxy) is 1. The molecule has 0 amide bonds. The maximum Gasteiger partial charge on any atom is 0.264 e. The number of rotatable bonds is 8. The zero-order valence-electron chi connectivity index (χ0n) is 16.9. The minimum Gasteiger partial charge on any atom is -0.497 e. The molecule has 0 aromatic heterocycles. The van der Waals surface area contributed by atoms with Crippen molar-refractivity contribution in [2.45, 2.75) is 11.8 Å². The van der Waals surface area contributed by atoms with Crippen LogP contribution in [-0.2, 0) is 10.0 Å². The monoisotopic (exact) mass is 421 g/mol. The van der Waals surface area contributed by atoms with E-state index < -0.39 is 10.0 Å². The lowest BCUT2D eigenvalue weighted by Gasteiger charge is -2.23. The molecule has 0 aliphatic heterocycles. The van der Waals surface area contributed by atoms with Crippen LogP contribution in [0.1, 0.15) is 21.5 Å². The smallest absolute Gasteiger partial charge is 0.264 e. The number of hydrogen-bond acceptors (Lipinski definition) is 4. The van der Waals surface area contributed by atoms with Crippen LogP contribution in [0.2, 0.25) is 0 Å². The number of aryl methyl sites for hydroxylation is 1. The van der Waals surface area contributed by atoms with Crippen LogP contribution in [0.4, 0.5) is 5.69 Å². The maximum absolute atomic E-state index is 13.4. The topological polar surface area (TPSA) is 63.7 Å². The third-order valence-corrected chi connectivity index (χ3v) is 6.41. The van der Waals surface area contributed by atoms with Gasteiger partial charge in [0.25, 0.3) is 10.0 Å². The van der Waals surface area contributed by atoms with Crippen LogP contribution in [0, 0.1) is 6.92 Å². The molecule has 0 bridgehead atoms. The van der Waals surface area contributed by atoms with Crippen molar-refractivity contribution in [3.05, 3.63) is 95.6 Å². The number of nitrogens with zero attached hydrogens (tertiary/aromatic N) is 1. The van der Waals surface area contributed by atoms with Gasteiger partial charge in [0, 0.05) is 5.56 Å². The highest BCUT2D eigenvalue weighted by atomic mass is 32.2. The number of hydrogen-bond donors (Lipinski definition) is 0. The summed E-state index contributed by atoms with van der Waals surface area (Å²) in [7, 11) is -2.21. The Labute approximate surface area is 177 Å². The van der Waals surface area contributed by atoms with Crippen LogP contribution in [-0.4, -0.2) is 28.4 Å². The lowest BCUT2D eigenvalue weighted by molar-refractivity contribution is 0.112. The first-order chi connectivity index (χ1) is 14.4. The summed E-state index contributed by atoms with van der Waals surface area (Å²) in [6.45, 7) is 2.02. The summed E-state index contributed by atoms with van der Waals surface area (Å²) in [6.07, 6.45) is 4.33. The van der Waals surface area contributed by atoms with Crippen molar-refractivity contribution >= 4 is 28.1 Å². The summed E-state index contributed by atoms with van der Waals surface area (Å²) >= 11 is 0. The summed E-state index contributed by atoms with van der Waals surface area (Å²) in [6, 6.07) is 20.7. The zero-order valence-corrected chi connectivity index (χ0v) is 17.7. The van der Waals surface area contributed by atoms with E-state index in [1.165, 1.54) is 4.31 Å². The first kappa shape index (κ1) is 21.3. The Morgan fingerprint density at radius 3 is 2.27 bits per heavy atom. The molecule has 0 spiro atoms. The molecule has 0 fully saturated rings.